The van der Waals surface area contributed by atoms with E-state index in [2.05, 4.69) is 0 Å². The van der Waals surface area contributed by atoms with Crippen LogP contribution >= 0.6 is 0 Å². The Kier molecular flexibility index (Phi) is 3.43. The Labute approximate surface area is 84.2 Å². The van der Waals surface area contributed by atoms with Gasteiger partial charge in [-0.25, -0.2) is 8.42 Å². The smallest absolute Gasteiger partial charge is 0.175 e. The Balaban J connectivity index is 2.95. The van der Waals surface area contributed by atoms with Gasteiger partial charge in [-0.2, -0.15) is 0 Å². The Morgan fingerprint density at radius 1 is 1.29 bits per heavy atom. The monoisotopic (exact) mass is 211 g/mol. The molecule has 1 aromatic carbocycles. The second-order valence-electron chi connectivity index (χ2n) is 2.98. The maximum Gasteiger partial charge on any atom is 0.175 e. The largest absolute Gasteiger partial charge is 0.327 e. The average molecular weight is 211 g/mol. The van der Waals surface area contributed by atoms with E-state index in [0.717, 1.165) is 5.56 Å². The molecule has 0 saturated heterocycles. The summed E-state index contributed by atoms with van der Waals surface area (Å²) in [5.74, 6) is 0. The molecule has 0 unspecified atom stereocenters. The van der Waals surface area contributed by atoms with Crippen molar-refractivity contribution in [2.45, 2.75) is 4.90 Å². The molecule has 3 nitrogen and oxygen atoms in total. The Hall–Kier alpha value is -1.13. The molecule has 14 heavy (non-hydrogen) atoms. The number of sulfone groups is 1. The summed E-state index contributed by atoms with van der Waals surface area (Å²) in [6, 6.07) is 6.68. The highest BCUT2D eigenvalue weighted by Gasteiger charge is 2.04. The van der Waals surface area contributed by atoms with Gasteiger partial charge >= 0.3 is 0 Å². The Morgan fingerprint density at radius 3 is 2.29 bits per heavy atom. The fourth-order valence-corrected chi connectivity index (χ4v) is 1.66. The summed E-state index contributed by atoms with van der Waals surface area (Å²) in [6.45, 7) is 0.480. The summed E-state index contributed by atoms with van der Waals surface area (Å²) in [4.78, 5) is 0.336. The normalized spacial score (nSPS) is 12.1. The molecular formula is C10H13NO2S. The minimum atomic E-state index is -3.09. The van der Waals surface area contributed by atoms with Crippen molar-refractivity contribution in [1.29, 1.82) is 0 Å². The highest BCUT2D eigenvalue weighted by atomic mass is 32.2. The molecule has 0 atom stereocenters. The first-order chi connectivity index (χ1) is 6.54. The minimum absolute atomic E-state index is 0.336. The van der Waals surface area contributed by atoms with E-state index in [0.29, 0.717) is 11.4 Å². The molecular weight excluding hydrogens is 198 g/mol. The third kappa shape index (κ3) is 2.97. The summed E-state index contributed by atoms with van der Waals surface area (Å²) < 4.78 is 22.2. The third-order valence-electron chi connectivity index (χ3n) is 1.75. The van der Waals surface area contributed by atoms with Gasteiger partial charge in [-0.05, 0) is 17.7 Å². The van der Waals surface area contributed by atoms with Crippen LogP contribution in [0, 0.1) is 0 Å². The molecule has 76 valence electrons. The predicted molar refractivity (Wildman–Crippen MR) is 57.6 cm³/mol. The molecule has 0 spiro atoms. The molecule has 0 aliphatic rings. The summed E-state index contributed by atoms with van der Waals surface area (Å²) in [5.41, 5.74) is 6.24. The molecule has 4 heteroatoms. The van der Waals surface area contributed by atoms with Crippen molar-refractivity contribution in [1.82, 2.24) is 0 Å². The van der Waals surface area contributed by atoms with Gasteiger partial charge in [-0.15, -0.1) is 0 Å². The zero-order valence-corrected chi connectivity index (χ0v) is 8.79. The number of hydrogen-bond acceptors (Lipinski definition) is 3. The lowest BCUT2D eigenvalue weighted by Gasteiger charge is -1.98. The molecule has 0 bridgehead atoms. The van der Waals surface area contributed by atoms with Gasteiger partial charge in [0.1, 0.15) is 0 Å². The van der Waals surface area contributed by atoms with Crippen LogP contribution in [0.1, 0.15) is 5.56 Å². The summed E-state index contributed by atoms with van der Waals surface area (Å²) in [7, 11) is -3.09. The lowest BCUT2D eigenvalue weighted by atomic mass is 10.2. The van der Waals surface area contributed by atoms with Gasteiger partial charge < -0.3 is 5.73 Å². The first kappa shape index (κ1) is 10.9. The SMILES string of the molecule is CS(=O)(=O)c1ccc(C=CCN)cc1. The molecule has 0 fully saturated rings. The highest BCUT2D eigenvalue weighted by Crippen LogP contribution is 2.10. The lowest BCUT2D eigenvalue weighted by Crippen LogP contribution is -1.96. The van der Waals surface area contributed by atoms with Crippen molar-refractivity contribution < 1.29 is 8.42 Å². The predicted octanol–water partition coefficient (Wildman–Crippen LogP) is 1.06. The van der Waals surface area contributed by atoms with Gasteiger partial charge in [0.25, 0.3) is 0 Å². The zero-order chi connectivity index (χ0) is 10.6. The van der Waals surface area contributed by atoms with Crippen LogP contribution in [0.3, 0.4) is 0 Å². The van der Waals surface area contributed by atoms with E-state index in [1.807, 2.05) is 12.2 Å². The van der Waals surface area contributed by atoms with Gasteiger partial charge in [-0.1, -0.05) is 24.3 Å². The van der Waals surface area contributed by atoms with Gasteiger partial charge in [0, 0.05) is 12.8 Å². The van der Waals surface area contributed by atoms with Crippen molar-refractivity contribution in [2.24, 2.45) is 5.73 Å². The van der Waals surface area contributed by atoms with Crippen molar-refractivity contribution in [2.75, 3.05) is 12.8 Å². The molecule has 0 aromatic heterocycles. The van der Waals surface area contributed by atoms with Crippen molar-refractivity contribution in [3.05, 3.63) is 35.9 Å². The summed E-state index contributed by atoms with van der Waals surface area (Å²) in [6.07, 6.45) is 4.86. The molecule has 0 aliphatic carbocycles. The summed E-state index contributed by atoms with van der Waals surface area (Å²) >= 11 is 0. The standard InChI is InChI=1S/C10H13NO2S/c1-14(12,13)10-6-4-9(5-7-10)3-2-8-11/h2-7H,8,11H2,1H3. The quantitative estimate of drug-likeness (QED) is 0.813. The minimum Gasteiger partial charge on any atom is -0.327 e. The van der Waals surface area contributed by atoms with Crippen molar-refractivity contribution in [3.63, 3.8) is 0 Å². The van der Waals surface area contributed by atoms with Gasteiger partial charge in [0.2, 0.25) is 0 Å². The zero-order valence-electron chi connectivity index (χ0n) is 7.97. The average Bonchev–Trinajstić information content (AvgIpc) is 2.14. The van der Waals surface area contributed by atoms with E-state index in [9.17, 15) is 8.42 Å². The molecule has 1 aromatic rings. The van der Waals surface area contributed by atoms with Crippen molar-refractivity contribution in [3.8, 4) is 0 Å². The molecule has 0 aliphatic heterocycles. The van der Waals surface area contributed by atoms with Gasteiger partial charge in [0.05, 0.1) is 4.90 Å². The molecule has 1 rings (SSSR count). The van der Waals surface area contributed by atoms with Crippen LogP contribution in [0.4, 0.5) is 0 Å². The lowest BCUT2D eigenvalue weighted by molar-refractivity contribution is 0.602. The third-order valence-corrected chi connectivity index (χ3v) is 2.88. The van der Waals surface area contributed by atoms with Crippen LogP contribution < -0.4 is 5.73 Å². The van der Waals surface area contributed by atoms with E-state index >= 15 is 0 Å². The highest BCUT2D eigenvalue weighted by molar-refractivity contribution is 7.90. The van der Waals surface area contributed by atoms with E-state index in [1.54, 1.807) is 24.3 Å². The van der Waals surface area contributed by atoms with Crippen LogP contribution in [0.2, 0.25) is 0 Å². The first-order valence-corrected chi connectivity index (χ1v) is 6.10. The molecule has 0 radical (unpaired) electrons. The number of benzene rings is 1. The molecule has 0 heterocycles. The summed E-state index contributed by atoms with van der Waals surface area (Å²) in [5, 5.41) is 0. The maximum atomic E-state index is 11.1. The van der Waals surface area contributed by atoms with E-state index in [1.165, 1.54) is 6.26 Å². The molecule has 0 amide bonds. The van der Waals surface area contributed by atoms with Crippen LogP contribution in [0.25, 0.3) is 6.08 Å². The number of rotatable bonds is 3. The second kappa shape index (κ2) is 4.39. The van der Waals surface area contributed by atoms with E-state index in [4.69, 9.17) is 5.73 Å². The Morgan fingerprint density at radius 2 is 1.86 bits per heavy atom. The van der Waals surface area contributed by atoms with Crippen LogP contribution in [-0.4, -0.2) is 21.2 Å². The van der Waals surface area contributed by atoms with Gasteiger partial charge in [0.15, 0.2) is 9.84 Å². The fraction of sp³-hybridized carbons (Fsp3) is 0.200. The number of nitrogens with two attached hydrogens (primary N) is 1. The fourth-order valence-electron chi connectivity index (χ4n) is 1.03. The van der Waals surface area contributed by atoms with Crippen LogP contribution in [0.5, 0.6) is 0 Å². The van der Waals surface area contributed by atoms with Gasteiger partial charge in [-0.3, -0.25) is 0 Å². The van der Waals surface area contributed by atoms with Crippen molar-refractivity contribution >= 4 is 15.9 Å². The van der Waals surface area contributed by atoms with Crippen LogP contribution in [0.15, 0.2) is 35.2 Å². The second-order valence-corrected chi connectivity index (χ2v) is 5.00. The van der Waals surface area contributed by atoms with E-state index < -0.39 is 9.84 Å². The van der Waals surface area contributed by atoms with Crippen LogP contribution in [-0.2, 0) is 9.84 Å². The molecule has 0 saturated carbocycles. The number of hydrogen-bond donors (Lipinski definition) is 1. The van der Waals surface area contributed by atoms with E-state index in [-0.39, 0.29) is 0 Å². The molecule has 2 N–H and O–H groups in total. The topological polar surface area (TPSA) is 60.2 Å². The Bertz CT molecular complexity index is 418. The first-order valence-electron chi connectivity index (χ1n) is 4.21. The maximum absolute atomic E-state index is 11.1.